The van der Waals surface area contributed by atoms with Crippen LogP contribution in [0.3, 0.4) is 0 Å². The van der Waals surface area contributed by atoms with Crippen LogP contribution >= 0.6 is 0 Å². The summed E-state index contributed by atoms with van der Waals surface area (Å²) in [5.74, 6) is -3.82. The molecule has 0 heterocycles. The zero-order chi connectivity index (χ0) is 14.5. The molecule has 0 aliphatic heterocycles. The van der Waals surface area contributed by atoms with Crippen molar-refractivity contribution in [1.29, 1.82) is 0 Å². The van der Waals surface area contributed by atoms with E-state index >= 15 is 0 Å². The molecule has 0 aromatic carbocycles. The molecule has 2 N–H and O–H groups in total. The molecule has 0 radical (unpaired) electrons. The van der Waals surface area contributed by atoms with Gasteiger partial charge in [0, 0.05) is 18.1 Å². The maximum absolute atomic E-state index is 11.3. The molecule has 0 fully saturated rings. The molecule has 0 saturated heterocycles. The van der Waals surface area contributed by atoms with Crippen molar-refractivity contribution in [3.8, 4) is 0 Å². The monoisotopic (exact) mass is 258 g/mol. The van der Waals surface area contributed by atoms with E-state index in [9.17, 15) is 14.7 Å². The topological polar surface area (TPSA) is 93.1 Å². The fourth-order valence-electron chi connectivity index (χ4n) is 0.886. The molecule has 18 heavy (non-hydrogen) atoms. The molecule has 0 aliphatic rings. The molecule has 2 unspecified atom stereocenters. The van der Waals surface area contributed by atoms with E-state index in [0.29, 0.717) is 0 Å². The Morgan fingerprint density at radius 3 is 2.00 bits per heavy atom. The SMILES string of the molecule is C=C(C)C(=O)OC(CO)C(C)(O)OC(=O)C(=C)C. The lowest BCUT2D eigenvalue weighted by Gasteiger charge is -2.30. The number of hydrogen-bond acceptors (Lipinski definition) is 6. The predicted molar refractivity (Wildman–Crippen MR) is 63.3 cm³/mol. The highest BCUT2D eigenvalue weighted by Gasteiger charge is 2.39. The Hall–Kier alpha value is -1.66. The van der Waals surface area contributed by atoms with Crippen LogP contribution in [0.4, 0.5) is 0 Å². The summed E-state index contributed by atoms with van der Waals surface area (Å²) in [7, 11) is 0. The Kier molecular flexibility index (Phi) is 5.74. The number of carbonyl (C=O) groups is 2. The second-order valence-corrected chi connectivity index (χ2v) is 4.08. The molecule has 0 aromatic rings. The van der Waals surface area contributed by atoms with E-state index in [2.05, 4.69) is 17.9 Å². The lowest BCUT2D eigenvalue weighted by atomic mass is 10.1. The first-order chi connectivity index (χ1) is 8.11. The number of aliphatic hydroxyl groups is 2. The molecule has 6 nitrogen and oxygen atoms in total. The summed E-state index contributed by atoms with van der Waals surface area (Å²) in [6.45, 7) is 9.89. The fraction of sp³-hybridized carbons (Fsp3) is 0.500. The van der Waals surface area contributed by atoms with E-state index in [1.54, 1.807) is 0 Å². The summed E-state index contributed by atoms with van der Waals surface area (Å²) in [5, 5.41) is 18.9. The van der Waals surface area contributed by atoms with Gasteiger partial charge in [0.1, 0.15) is 0 Å². The Morgan fingerprint density at radius 1 is 1.22 bits per heavy atom. The van der Waals surface area contributed by atoms with Crippen LogP contribution in [0.2, 0.25) is 0 Å². The van der Waals surface area contributed by atoms with Crippen LogP contribution in [0.25, 0.3) is 0 Å². The highest BCUT2D eigenvalue weighted by molar-refractivity contribution is 5.88. The molecule has 0 rings (SSSR count). The zero-order valence-corrected chi connectivity index (χ0v) is 10.7. The maximum atomic E-state index is 11.3. The summed E-state index contributed by atoms with van der Waals surface area (Å²) in [6.07, 6.45) is -1.41. The molecule has 0 amide bonds. The minimum Gasteiger partial charge on any atom is -0.450 e. The van der Waals surface area contributed by atoms with Crippen LogP contribution < -0.4 is 0 Å². The molecule has 102 valence electrons. The summed E-state index contributed by atoms with van der Waals surface area (Å²) >= 11 is 0. The van der Waals surface area contributed by atoms with Gasteiger partial charge in [-0.1, -0.05) is 13.2 Å². The van der Waals surface area contributed by atoms with Crippen LogP contribution in [0.1, 0.15) is 20.8 Å². The minimum absolute atomic E-state index is 0.0678. The van der Waals surface area contributed by atoms with Gasteiger partial charge in [-0.05, 0) is 13.8 Å². The van der Waals surface area contributed by atoms with Crippen LogP contribution in [-0.2, 0) is 19.1 Å². The normalized spacial score (nSPS) is 15.2. The van der Waals surface area contributed by atoms with Gasteiger partial charge in [0.15, 0.2) is 6.10 Å². The van der Waals surface area contributed by atoms with Crippen LogP contribution in [0, 0.1) is 0 Å². The van der Waals surface area contributed by atoms with Crippen molar-refractivity contribution in [1.82, 2.24) is 0 Å². The Labute approximate surface area is 106 Å². The van der Waals surface area contributed by atoms with Gasteiger partial charge in [0.05, 0.1) is 6.61 Å². The van der Waals surface area contributed by atoms with Crippen molar-refractivity contribution < 1.29 is 29.3 Å². The van der Waals surface area contributed by atoms with E-state index < -0.39 is 30.4 Å². The Balaban J connectivity index is 4.81. The average Bonchev–Trinajstić information content (AvgIpc) is 2.23. The van der Waals surface area contributed by atoms with E-state index in [4.69, 9.17) is 9.84 Å². The van der Waals surface area contributed by atoms with Gasteiger partial charge in [-0.25, -0.2) is 9.59 Å². The number of rotatable bonds is 6. The van der Waals surface area contributed by atoms with Gasteiger partial charge >= 0.3 is 11.9 Å². The third-order valence-electron chi connectivity index (χ3n) is 2.01. The van der Waals surface area contributed by atoms with E-state index in [0.717, 1.165) is 6.92 Å². The van der Waals surface area contributed by atoms with Crippen molar-refractivity contribution in [3.63, 3.8) is 0 Å². The summed E-state index contributed by atoms with van der Waals surface area (Å²) in [5.41, 5.74) is 0.161. The van der Waals surface area contributed by atoms with Crippen molar-refractivity contribution in [2.45, 2.75) is 32.7 Å². The van der Waals surface area contributed by atoms with E-state index in [-0.39, 0.29) is 11.1 Å². The van der Waals surface area contributed by atoms with Crippen molar-refractivity contribution in [2.24, 2.45) is 0 Å². The first-order valence-electron chi connectivity index (χ1n) is 5.20. The highest BCUT2D eigenvalue weighted by Crippen LogP contribution is 2.18. The molecule has 6 heteroatoms. The number of carbonyl (C=O) groups excluding carboxylic acids is 2. The molecule has 0 spiro atoms. The van der Waals surface area contributed by atoms with Gasteiger partial charge in [0.25, 0.3) is 0 Å². The second-order valence-electron chi connectivity index (χ2n) is 4.08. The van der Waals surface area contributed by atoms with Gasteiger partial charge in [-0.15, -0.1) is 0 Å². The first-order valence-corrected chi connectivity index (χ1v) is 5.20. The third kappa shape index (κ3) is 4.68. The smallest absolute Gasteiger partial charge is 0.335 e. The summed E-state index contributed by atoms with van der Waals surface area (Å²) in [6, 6.07) is 0. The van der Waals surface area contributed by atoms with Crippen molar-refractivity contribution in [3.05, 3.63) is 24.3 Å². The highest BCUT2D eigenvalue weighted by atomic mass is 16.7. The minimum atomic E-state index is -2.16. The molecule has 0 aliphatic carbocycles. The van der Waals surface area contributed by atoms with Crippen LogP contribution in [0.15, 0.2) is 24.3 Å². The standard InChI is InChI=1S/C12H18O6/c1-7(2)10(14)17-9(6-13)12(5,16)18-11(15)8(3)4/h9,13,16H,1,3,6H2,2,4-5H3. The Bertz CT molecular complexity index is 369. The Morgan fingerprint density at radius 2 is 1.67 bits per heavy atom. The second kappa shape index (κ2) is 6.32. The molecule has 0 saturated carbocycles. The van der Waals surface area contributed by atoms with Crippen LogP contribution in [-0.4, -0.2) is 40.6 Å². The molecular weight excluding hydrogens is 240 g/mol. The van der Waals surface area contributed by atoms with E-state index in [1.807, 2.05) is 0 Å². The lowest BCUT2D eigenvalue weighted by molar-refractivity contribution is -0.247. The lowest BCUT2D eigenvalue weighted by Crippen LogP contribution is -2.48. The number of hydrogen-bond donors (Lipinski definition) is 2. The quantitative estimate of drug-likeness (QED) is 0.404. The molecular formula is C12H18O6. The summed E-state index contributed by atoms with van der Waals surface area (Å²) in [4.78, 5) is 22.6. The average molecular weight is 258 g/mol. The van der Waals surface area contributed by atoms with Crippen LogP contribution in [0.5, 0.6) is 0 Å². The number of aliphatic hydroxyl groups excluding tert-OH is 1. The largest absolute Gasteiger partial charge is 0.450 e. The number of ether oxygens (including phenoxy) is 2. The van der Waals surface area contributed by atoms with Crippen molar-refractivity contribution >= 4 is 11.9 Å². The van der Waals surface area contributed by atoms with Gasteiger partial charge in [0.2, 0.25) is 5.79 Å². The third-order valence-corrected chi connectivity index (χ3v) is 2.01. The fourth-order valence-corrected chi connectivity index (χ4v) is 0.886. The molecule has 0 bridgehead atoms. The molecule has 2 atom stereocenters. The van der Waals surface area contributed by atoms with Gasteiger partial charge < -0.3 is 19.7 Å². The van der Waals surface area contributed by atoms with E-state index in [1.165, 1.54) is 13.8 Å². The van der Waals surface area contributed by atoms with Gasteiger partial charge in [-0.2, -0.15) is 0 Å². The first kappa shape index (κ1) is 16.3. The van der Waals surface area contributed by atoms with Crippen molar-refractivity contribution in [2.75, 3.05) is 6.61 Å². The summed E-state index contributed by atoms with van der Waals surface area (Å²) < 4.78 is 9.44. The number of esters is 2. The maximum Gasteiger partial charge on any atom is 0.335 e. The van der Waals surface area contributed by atoms with Gasteiger partial charge in [-0.3, -0.25) is 0 Å². The zero-order valence-electron chi connectivity index (χ0n) is 10.7. The molecule has 0 aromatic heterocycles. The predicted octanol–water partition coefficient (Wildman–Crippen LogP) is 0.294.